The molecule has 0 radical (unpaired) electrons. The summed E-state index contributed by atoms with van der Waals surface area (Å²) in [5.74, 6) is 0.460. The molecule has 0 spiro atoms. The van der Waals surface area contributed by atoms with Crippen LogP contribution < -0.4 is 0 Å². The van der Waals surface area contributed by atoms with Gasteiger partial charge in [0.2, 0.25) is 0 Å². The lowest BCUT2D eigenvalue weighted by Crippen LogP contribution is -2.03. The third-order valence-electron chi connectivity index (χ3n) is 1.56. The predicted octanol–water partition coefficient (Wildman–Crippen LogP) is 1.91. The van der Waals surface area contributed by atoms with Crippen molar-refractivity contribution in [3.8, 4) is 0 Å². The molecule has 0 atom stereocenters. The second-order valence-electron chi connectivity index (χ2n) is 3.30. The van der Waals surface area contributed by atoms with Gasteiger partial charge >= 0.3 is 5.97 Å². The summed E-state index contributed by atoms with van der Waals surface area (Å²) in [6, 6.07) is 0. The SMILES string of the molecule is CC(C)=CC(=O)OCC1CC1. The number of hydrogen-bond acceptors (Lipinski definition) is 2. The maximum absolute atomic E-state index is 10.9. The first-order valence-corrected chi connectivity index (χ1v) is 4.00. The number of allylic oxidation sites excluding steroid dienone is 1. The van der Waals surface area contributed by atoms with Crippen molar-refractivity contribution in [2.45, 2.75) is 26.7 Å². The Bertz CT molecular complexity index is 174. The van der Waals surface area contributed by atoms with Gasteiger partial charge in [-0.15, -0.1) is 0 Å². The van der Waals surface area contributed by atoms with E-state index in [1.54, 1.807) is 0 Å². The Kier molecular flexibility index (Phi) is 2.69. The molecule has 0 aromatic heterocycles. The van der Waals surface area contributed by atoms with E-state index in [1.807, 2.05) is 13.8 Å². The third-order valence-corrected chi connectivity index (χ3v) is 1.56. The second-order valence-corrected chi connectivity index (χ2v) is 3.30. The van der Waals surface area contributed by atoms with Crippen LogP contribution in [0.4, 0.5) is 0 Å². The maximum Gasteiger partial charge on any atom is 0.330 e. The molecule has 0 bridgehead atoms. The van der Waals surface area contributed by atoms with Crippen LogP contribution in [0.1, 0.15) is 26.7 Å². The first-order chi connectivity index (χ1) is 5.18. The third kappa shape index (κ3) is 3.81. The molecule has 1 saturated carbocycles. The molecular weight excluding hydrogens is 140 g/mol. The maximum atomic E-state index is 10.9. The van der Waals surface area contributed by atoms with E-state index < -0.39 is 0 Å². The van der Waals surface area contributed by atoms with Gasteiger partial charge in [-0.1, -0.05) is 5.57 Å². The van der Waals surface area contributed by atoms with Gasteiger partial charge in [0.1, 0.15) is 0 Å². The summed E-state index contributed by atoms with van der Waals surface area (Å²) in [6.07, 6.45) is 3.98. The lowest BCUT2D eigenvalue weighted by Gasteiger charge is -1.98. The lowest BCUT2D eigenvalue weighted by atomic mass is 10.3. The molecule has 2 heteroatoms. The average Bonchev–Trinajstić information content (AvgIpc) is 2.63. The van der Waals surface area contributed by atoms with Crippen LogP contribution >= 0.6 is 0 Å². The summed E-state index contributed by atoms with van der Waals surface area (Å²) in [7, 11) is 0. The van der Waals surface area contributed by atoms with E-state index in [9.17, 15) is 4.79 Å². The van der Waals surface area contributed by atoms with Crippen LogP contribution in [0.15, 0.2) is 11.6 Å². The number of ether oxygens (including phenoxy) is 1. The van der Waals surface area contributed by atoms with E-state index in [-0.39, 0.29) is 5.97 Å². The Hall–Kier alpha value is -0.790. The van der Waals surface area contributed by atoms with Crippen molar-refractivity contribution in [1.82, 2.24) is 0 Å². The highest BCUT2D eigenvalue weighted by molar-refractivity contribution is 5.82. The Labute approximate surface area is 67.2 Å². The number of rotatable bonds is 3. The van der Waals surface area contributed by atoms with E-state index in [4.69, 9.17) is 4.74 Å². The fourth-order valence-electron chi connectivity index (χ4n) is 0.762. The van der Waals surface area contributed by atoms with Gasteiger partial charge in [-0.05, 0) is 32.6 Å². The van der Waals surface area contributed by atoms with E-state index in [1.165, 1.54) is 18.9 Å². The van der Waals surface area contributed by atoms with Gasteiger partial charge in [0.05, 0.1) is 6.61 Å². The molecule has 62 valence electrons. The Balaban J connectivity index is 2.14. The summed E-state index contributed by atoms with van der Waals surface area (Å²) in [6.45, 7) is 4.39. The van der Waals surface area contributed by atoms with E-state index >= 15 is 0 Å². The van der Waals surface area contributed by atoms with Gasteiger partial charge in [-0.25, -0.2) is 4.79 Å². The molecule has 0 unspecified atom stereocenters. The summed E-state index contributed by atoms with van der Waals surface area (Å²) in [4.78, 5) is 10.9. The molecule has 1 fully saturated rings. The van der Waals surface area contributed by atoms with Crippen molar-refractivity contribution >= 4 is 5.97 Å². The highest BCUT2D eigenvalue weighted by atomic mass is 16.5. The largest absolute Gasteiger partial charge is 0.462 e. The van der Waals surface area contributed by atoms with E-state index in [2.05, 4.69) is 0 Å². The first-order valence-electron chi connectivity index (χ1n) is 4.00. The molecule has 0 aromatic carbocycles. The van der Waals surface area contributed by atoms with Crippen LogP contribution in [-0.2, 0) is 9.53 Å². The van der Waals surface area contributed by atoms with Crippen molar-refractivity contribution in [1.29, 1.82) is 0 Å². The van der Waals surface area contributed by atoms with Crippen molar-refractivity contribution in [2.24, 2.45) is 5.92 Å². The normalized spacial score (nSPS) is 15.8. The summed E-state index contributed by atoms with van der Waals surface area (Å²) < 4.78 is 4.96. The van der Waals surface area contributed by atoms with Crippen LogP contribution in [0.5, 0.6) is 0 Å². The molecule has 0 saturated heterocycles. The van der Waals surface area contributed by atoms with Crippen molar-refractivity contribution in [3.05, 3.63) is 11.6 Å². The minimum absolute atomic E-state index is 0.197. The van der Waals surface area contributed by atoms with E-state index in [0.717, 1.165) is 5.57 Å². The summed E-state index contributed by atoms with van der Waals surface area (Å²) >= 11 is 0. The van der Waals surface area contributed by atoms with Crippen molar-refractivity contribution in [2.75, 3.05) is 6.61 Å². The zero-order valence-electron chi connectivity index (χ0n) is 7.09. The zero-order valence-corrected chi connectivity index (χ0v) is 7.09. The number of esters is 1. The molecule has 1 rings (SSSR count). The van der Waals surface area contributed by atoms with Gasteiger partial charge in [0.15, 0.2) is 0 Å². The van der Waals surface area contributed by atoms with Crippen molar-refractivity contribution < 1.29 is 9.53 Å². The molecule has 0 amide bonds. The van der Waals surface area contributed by atoms with Crippen LogP contribution in [0, 0.1) is 5.92 Å². The van der Waals surface area contributed by atoms with Gasteiger partial charge in [0.25, 0.3) is 0 Å². The van der Waals surface area contributed by atoms with Crippen LogP contribution in [-0.4, -0.2) is 12.6 Å². The topological polar surface area (TPSA) is 26.3 Å². The van der Waals surface area contributed by atoms with Crippen LogP contribution in [0.3, 0.4) is 0 Å². The first kappa shape index (κ1) is 8.31. The molecule has 0 aromatic rings. The predicted molar refractivity (Wildman–Crippen MR) is 43.1 cm³/mol. The van der Waals surface area contributed by atoms with Gasteiger partial charge in [-0.3, -0.25) is 0 Å². The highest BCUT2D eigenvalue weighted by Crippen LogP contribution is 2.28. The van der Waals surface area contributed by atoms with Crippen LogP contribution in [0.25, 0.3) is 0 Å². The molecule has 1 aliphatic rings. The number of carbonyl (C=O) groups excluding carboxylic acids is 1. The minimum atomic E-state index is -0.197. The molecule has 0 N–H and O–H groups in total. The fourth-order valence-corrected chi connectivity index (χ4v) is 0.762. The molecule has 1 aliphatic carbocycles. The Morgan fingerprint density at radius 1 is 1.55 bits per heavy atom. The minimum Gasteiger partial charge on any atom is -0.462 e. The molecule has 0 aliphatic heterocycles. The van der Waals surface area contributed by atoms with Gasteiger partial charge in [-0.2, -0.15) is 0 Å². The number of hydrogen-bond donors (Lipinski definition) is 0. The second kappa shape index (κ2) is 3.56. The van der Waals surface area contributed by atoms with Crippen molar-refractivity contribution in [3.63, 3.8) is 0 Å². The molecule has 0 heterocycles. The monoisotopic (exact) mass is 154 g/mol. The molecular formula is C9H14O2. The van der Waals surface area contributed by atoms with E-state index in [0.29, 0.717) is 12.5 Å². The molecule has 2 nitrogen and oxygen atoms in total. The fraction of sp³-hybridized carbons (Fsp3) is 0.667. The Morgan fingerprint density at radius 3 is 2.64 bits per heavy atom. The van der Waals surface area contributed by atoms with Gasteiger partial charge in [0, 0.05) is 6.08 Å². The summed E-state index contributed by atoms with van der Waals surface area (Å²) in [5, 5.41) is 0. The standard InChI is InChI=1S/C9H14O2/c1-7(2)5-9(10)11-6-8-3-4-8/h5,8H,3-4,6H2,1-2H3. The van der Waals surface area contributed by atoms with Gasteiger partial charge < -0.3 is 4.74 Å². The molecule has 11 heavy (non-hydrogen) atoms. The zero-order chi connectivity index (χ0) is 8.27. The summed E-state index contributed by atoms with van der Waals surface area (Å²) in [5.41, 5.74) is 0.991. The Morgan fingerprint density at radius 2 is 2.18 bits per heavy atom. The quantitative estimate of drug-likeness (QED) is 0.458. The lowest BCUT2D eigenvalue weighted by molar-refractivity contribution is -0.138. The highest BCUT2D eigenvalue weighted by Gasteiger charge is 2.22. The average molecular weight is 154 g/mol. The number of carbonyl (C=O) groups is 1. The van der Waals surface area contributed by atoms with Crippen LogP contribution in [0.2, 0.25) is 0 Å². The smallest absolute Gasteiger partial charge is 0.330 e.